The fourth-order valence-corrected chi connectivity index (χ4v) is 3.80. The van der Waals surface area contributed by atoms with E-state index in [9.17, 15) is 4.79 Å². The highest BCUT2D eigenvalue weighted by atomic mass is 32.2. The lowest BCUT2D eigenvalue weighted by Crippen LogP contribution is -2.35. The number of hydrogen-bond acceptors (Lipinski definition) is 5. The number of aromatic nitrogens is 3. The molecule has 1 amide bonds. The van der Waals surface area contributed by atoms with Gasteiger partial charge in [-0.3, -0.25) is 9.36 Å². The second-order valence-electron chi connectivity index (χ2n) is 6.98. The van der Waals surface area contributed by atoms with Gasteiger partial charge in [0.05, 0.1) is 12.9 Å². The molecule has 1 N–H and O–H groups in total. The minimum absolute atomic E-state index is 0.0544. The van der Waals surface area contributed by atoms with E-state index in [1.807, 2.05) is 24.3 Å². The normalized spacial score (nSPS) is 15.1. The molecule has 0 radical (unpaired) electrons. The van der Waals surface area contributed by atoms with Gasteiger partial charge in [0.25, 0.3) is 0 Å². The lowest BCUT2D eigenvalue weighted by atomic mass is 10.2. The van der Waals surface area contributed by atoms with Crippen molar-refractivity contribution in [1.82, 2.24) is 20.1 Å². The van der Waals surface area contributed by atoms with E-state index in [0.29, 0.717) is 11.7 Å². The second-order valence-corrected chi connectivity index (χ2v) is 7.92. The quantitative estimate of drug-likeness (QED) is 0.716. The van der Waals surface area contributed by atoms with Gasteiger partial charge >= 0.3 is 0 Å². The number of carbonyl (C=O) groups excluding carboxylic acids is 1. The first-order valence-electron chi connectivity index (χ1n) is 9.01. The SMILES string of the molecule is COc1ccc(-c2nnc(SCC(=O)N[C@@H](C)C3CC3)n2C(C)C)cc1. The Morgan fingerprint density at radius 1 is 1.27 bits per heavy atom. The van der Waals surface area contributed by atoms with Crippen molar-refractivity contribution in [2.45, 2.75) is 50.9 Å². The molecule has 0 bridgehead atoms. The molecule has 0 aliphatic heterocycles. The van der Waals surface area contributed by atoms with Crippen LogP contribution in [0.4, 0.5) is 0 Å². The Balaban J connectivity index is 1.71. The standard InChI is InChI=1S/C19H26N4O2S/c1-12(2)23-18(15-7-9-16(25-4)10-8-15)21-22-19(23)26-11-17(24)20-13(3)14-5-6-14/h7-10,12-14H,5-6,11H2,1-4H3,(H,20,24)/t13-/m0/s1. The summed E-state index contributed by atoms with van der Waals surface area (Å²) in [5, 5.41) is 12.5. The molecule has 1 saturated carbocycles. The van der Waals surface area contributed by atoms with Crippen LogP contribution in [0, 0.1) is 5.92 Å². The summed E-state index contributed by atoms with van der Waals surface area (Å²) in [6, 6.07) is 8.22. The summed E-state index contributed by atoms with van der Waals surface area (Å²) in [6.07, 6.45) is 2.45. The monoisotopic (exact) mass is 374 g/mol. The van der Waals surface area contributed by atoms with Gasteiger partial charge in [-0.2, -0.15) is 0 Å². The van der Waals surface area contributed by atoms with Crippen molar-refractivity contribution in [3.8, 4) is 17.1 Å². The lowest BCUT2D eigenvalue weighted by molar-refractivity contribution is -0.119. The number of carbonyl (C=O) groups is 1. The lowest BCUT2D eigenvalue weighted by Gasteiger charge is -2.15. The predicted octanol–water partition coefficient (Wildman–Crippen LogP) is 3.54. The van der Waals surface area contributed by atoms with E-state index in [0.717, 1.165) is 22.3 Å². The third-order valence-electron chi connectivity index (χ3n) is 4.58. The molecule has 1 aliphatic rings. The van der Waals surface area contributed by atoms with E-state index in [-0.39, 0.29) is 18.0 Å². The van der Waals surface area contributed by atoms with Gasteiger partial charge in [0.1, 0.15) is 5.75 Å². The van der Waals surface area contributed by atoms with Gasteiger partial charge in [0.15, 0.2) is 11.0 Å². The maximum absolute atomic E-state index is 12.2. The first kappa shape index (κ1) is 18.8. The number of methoxy groups -OCH3 is 1. The molecular formula is C19H26N4O2S. The Morgan fingerprint density at radius 3 is 2.54 bits per heavy atom. The Bertz CT molecular complexity index is 753. The third kappa shape index (κ3) is 4.38. The molecule has 140 valence electrons. The van der Waals surface area contributed by atoms with Gasteiger partial charge < -0.3 is 10.1 Å². The molecule has 0 spiro atoms. The Labute approximate surface area is 158 Å². The van der Waals surface area contributed by atoms with Crippen LogP contribution >= 0.6 is 11.8 Å². The molecule has 1 aliphatic carbocycles. The fraction of sp³-hybridized carbons (Fsp3) is 0.526. The minimum Gasteiger partial charge on any atom is -0.497 e. The van der Waals surface area contributed by atoms with Gasteiger partial charge in [-0.05, 0) is 63.8 Å². The van der Waals surface area contributed by atoms with E-state index in [1.54, 1.807) is 7.11 Å². The van der Waals surface area contributed by atoms with Crippen molar-refractivity contribution in [2.75, 3.05) is 12.9 Å². The summed E-state index contributed by atoms with van der Waals surface area (Å²) in [4.78, 5) is 12.2. The summed E-state index contributed by atoms with van der Waals surface area (Å²) in [5.41, 5.74) is 0.977. The summed E-state index contributed by atoms with van der Waals surface area (Å²) in [5.74, 6) is 2.67. The Kier molecular flexibility index (Phi) is 5.86. The summed E-state index contributed by atoms with van der Waals surface area (Å²) in [7, 11) is 1.65. The van der Waals surface area contributed by atoms with Gasteiger partial charge in [-0.25, -0.2) is 0 Å². The molecule has 0 saturated heterocycles. The highest BCUT2D eigenvalue weighted by Gasteiger charge is 2.29. The molecule has 3 rings (SSSR count). The molecule has 6 nitrogen and oxygen atoms in total. The zero-order valence-electron chi connectivity index (χ0n) is 15.7. The summed E-state index contributed by atoms with van der Waals surface area (Å²) >= 11 is 1.43. The zero-order valence-corrected chi connectivity index (χ0v) is 16.5. The highest BCUT2D eigenvalue weighted by Crippen LogP contribution is 2.32. The number of benzene rings is 1. The molecule has 26 heavy (non-hydrogen) atoms. The fourth-order valence-electron chi connectivity index (χ4n) is 2.92. The van der Waals surface area contributed by atoms with Crippen LogP contribution < -0.4 is 10.1 Å². The number of ether oxygens (including phenoxy) is 1. The zero-order chi connectivity index (χ0) is 18.7. The van der Waals surface area contributed by atoms with Crippen molar-refractivity contribution in [3.63, 3.8) is 0 Å². The largest absolute Gasteiger partial charge is 0.497 e. The first-order chi connectivity index (χ1) is 12.5. The van der Waals surface area contributed by atoms with Crippen LogP contribution in [0.1, 0.15) is 39.7 Å². The van der Waals surface area contributed by atoms with Crippen LogP contribution in [0.25, 0.3) is 11.4 Å². The van der Waals surface area contributed by atoms with Gasteiger partial charge in [0.2, 0.25) is 5.91 Å². The van der Waals surface area contributed by atoms with Crippen LogP contribution in [0.2, 0.25) is 0 Å². The smallest absolute Gasteiger partial charge is 0.230 e. The molecule has 0 unspecified atom stereocenters. The Morgan fingerprint density at radius 2 is 1.96 bits per heavy atom. The molecule has 1 fully saturated rings. The number of rotatable bonds is 8. The average molecular weight is 375 g/mol. The van der Waals surface area contributed by atoms with Gasteiger partial charge in [-0.1, -0.05) is 11.8 Å². The predicted molar refractivity (Wildman–Crippen MR) is 103 cm³/mol. The topological polar surface area (TPSA) is 69.0 Å². The molecule has 1 heterocycles. The molecule has 1 atom stereocenters. The molecule has 1 aromatic heterocycles. The van der Waals surface area contributed by atoms with Crippen LogP contribution in [0.15, 0.2) is 29.4 Å². The maximum Gasteiger partial charge on any atom is 0.230 e. The summed E-state index contributed by atoms with van der Waals surface area (Å²) < 4.78 is 7.29. The van der Waals surface area contributed by atoms with Crippen molar-refractivity contribution in [1.29, 1.82) is 0 Å². The number of nitrogens with zero attached hydrogens (tertiary/aromatic N) is 3. The van der Waals surface area contributed by atoms with E-state index >= 15 is 0 Å². The Hall–Kier alpha value is -2.02. The third-order valence-corrected chi connectivity index (χ3v) is 5.52. The van der Waals surface area contributed by atoms with Crippen LogP contribution in [-0.4, -0.2) is 39.6 Å². The summed E-state index contributed by atoms with van der Waals surface area (Å²) in [6.45, 7) is 6.27. The van der Waals surface area contributed by atoms with Gasteiger partial charge in [-0.15, -0.1) is 10.2 Å². The highest BCUT2D eigenvalue weighted by molar-refractivity contribution is 7.99. The number of nitrogens with one attached hydrogen (secondary N) is 1. The van der Waals surface area contributed by atoms with Crippen LogP contribution in [0.5, 0.6) is 5.75 Å². The van der Waals surface area contributed by atoms with E-state index in [1.165, 1.54) is 24.6 Å². The first-order valence-corrected chi connectivity index (χ1v) is 9.99. The van der Waals surface area contributed by atoms with E-state index in [4.69, 9.17) is 4.74 Å². The second kappa shape index (κ2) is 8.12. The number of hydrogen-bond donors (Lipinski definition) is 1. The molecule has 1 aromatic carbocycles. The van der Waals surface area contributed by atoms with Crippen LogP contribution in [-0.2, 0) is 4.79 Å². The minimum atomic E-state index is 0.0544. The maximum atomic E-state index is 12.2. The van der Waals surface area contributed by atoms with Crippen molar-refractivity contribution < 1.29 is 9.53 Å². The number of amides is 1. The van der Waals surface area contributed by atoms with Gasteiger partial charge in [0, 0.05) is 17.6 Å². The van der Waals surface area contributed by atoms with E-state index in [2.05, 4.69) is 40.9 Å². The molecule has 2 aromatic rings. The van der Waals surface area contributed by atoms with Crippen molar-refractivity contribution in [2.24, 2.45) is 5.92 Å². The van der Waals surface area contributed by atoms with Crippen LogP contribution in [0.3, 0.4) is 0 Å². The number of thioether (sulfide) groups is 1. The average Bonchev–Trinajstić information content (AvgIpc) is 3.39. The van der Waals surface area contributed by atoms with E-state index < -0.39 is 0 Å². The van der Waals surface area contributed by atoms with Crippen molar-refractivity contribution in [3.05, 3.63) is 24.3 Å². The molecule has 7 heteroatoms. The van der Waals surface area contributed by atoms with Crippen molar-refractivity contribution >= 4 is 17.7 Å². The molecular weight excluding hydrogens is 348 g/mol.